The Kier molecular flexibility index (Phi) is 4.66. The minimum atomic E-state index is -3.66. The summed E-state index contributed by atoms with van der Waals surface area (Å²) in [7, 11) is -3.66. The maximum atomic E-state index is 12.2. The van der Waals surface area contributed by atoms with Gasteiger partial charge in [0.2, 0.25) is 11.8 Å². The van der Waals surface area contributed by atoms with Gasteiger partial charge in [-0.1, -0.05) is 29.4 Å². The van der Waals surface area contributed by atoms with Crippen LogP contribution >= 0.6 is 0 Å². The molecule has 1 heterocycles. The van der Waals surface area contributed by atoms with Crippen LogP contribution in [0.2, 0.25) is 0 Å². The number of hydrogen-bond acceptors (Lipinski definition) is 6. The molecule has 3 rings (SSSR count). The van der Waals surface area contributed by atoms with Crippen molar-refractivity contribution in [1.29, 1.82) is 0 Å². The van der Waals surface area contributed by atoms with E-state index in [1.54, 1.807) is 6.92 Å². The first-order valence-electron chi connectivity index (χ1n) is 7.80. The minimum absolute atomic E-state index is 0.00307. The van der Waals surface area contributed by atoms with Crippen molar-refractivity contribution in [3.05, 3.63) is 47.1 Å². The second-order valence-electron chi connectivity index (χ2n) is 5.98. The highest BCUT2D eigenvalue weighted by atomic mass is 32.2. The van der Waals surface area contributed by atoms with Gasteiger partial charge in [0.1, 0.15) is 11.5 Å². The van der Waals surface area contributed by atoms with Gasteiger partial charge in [0.15, 0.2) is 15.7 Å². The lowest BCUT2D eigenvalue weighted by Gasteiger charge is -2.26. The zero-order valence-corrected chi connectivity index (χ0v) is 14.2. The van der Waals surface area contributed by atoms with Crippen molar-refractivity contribution in [3.8, 4) is 0 Å². The maximum Gasteiger partial charge on any atom is 0.241 e. The molecule has 0 aliphatic heterocycles. The predicted octanol–water partition coefficient (Wildman–Crippen LogP) is 1.49. The number of benzene rings is 1. The lowest BCUT2D eigenvalue weighted by molar-refractivity contribution is -0.119. The van der Waals surface area contributed by atoms with Crippen molar-refractivity contribution < 1.29 is 17.7 Å². The zero-order valence-electron chi connectivity index (χ0n) is 13.4. The number of nitrogens with zero attached hydrogens (tertiary/aromatic N) is 2. The standard InChI is InChI=1S/C16H19N3O4S/c1-11-17-16(23-19-11)10-24(21,22)9-15(20)18-14-8-4-6-12-5-2-3-7-13(12)14/h2-3,5,7,14H,4,6,8-10H2,1H3,(H,18,20). The van der Waals surface area contributed by atoms with Crippen LogP contribution in [0.5, 0.6) is 0 Å². The Morgan fingerprint density at radius 3 is 2.92 bits per heavy atom. The van der Waals surface area contributed by atoms with Crippen LogP contribution in [0.3, 0.4) is 0 Å². The monoisotopic (exact) mass is 349 g/mol. The van der Waals surface area contributed by atoms with Gasteiger partial charge in [-0.2, -0.15) is 4.98 Å². The maximum absolute atomic E-state index is 12.2. The number of fused-ring (bicyclic) bond motifs is 1. The first-order valence-corrected chi connectivity index (χ1v) is 9.62. The molecule has 1 aliphatic carbocycles. The molecule has 0 fully saturated rings. The molecule has 0 radical (unpaired) electrons. The van der Waals surface area contributed by atoms with Gasteiger partial charge in [-0.05, 0) is 37.3 Å². The summed E-state index contributed by atoms with van der Waals surface area (Å²) in [5, 5.41) is 6.38. The van der Waals surface area contributed by atoms with Gasteiger partial charge in [0.25, 0.3) is 0 Å². The summed E-state index contributed by atoms with van der Waals surface area (Å²) in [5.74, 6) is -1.16. The molecule has 24 heavy (non-hydrogen) atoms. The Hall–Kier alpha value is -2.22. The van der Waals surface area contributed by atoms with E-state index < -0.39 is 27.3 Å². The topological polar surface area (TPSA) is 102 Å². The molecule has 1 aliphatic rings. The molecule has 1 atom stereocenters. The second-order valence-corrected chi connectivity index (χ2v) is 8.04. The van der Waals surface area contributed by atoms with Crippen LogP contribution in [0.1, 0.15) is 41.7 Å². The highest BCUT2D eigenvalue weighted by molar-refractivity contribution is 7.91. The molecule has 0 bridgehead atoms. The van der Waals surface area contributed by atoms with Crippen LogP contribution in [0.25, 0.3) is 0 Å². The highest BCUT2D eigenvalue weighted by Crippen LogP contribution is 2.29. The molecule has 1 aromatic heterocycles. The third-order valence-corrected chi connectivity index (χ3v) is 5.36. The van der Waals surface area contributed by atoms with Gasteiger partial charge >= 0.3 is 0 Å². The van der Waals surface area contributed by atoms with E-state index in [4.69, 9.17) is 4.52 Å². The molecule has 1 unspecified atom stereocenters. The average Bonchev–Trinajstić information content (AvgIpc) is 2.91. The van der Waals surface area contributed by atoms with E-state index in [1.807, 2.05) is 24.3 Å². The van der Waals surface area contributed by atoms with Crippen molar-refractivity contribution in [2.24, 2.45) is 0 Å². The average molecular weight is 349 g/mol. The van der Waals surface area contributed by atoms with E-state index in [2.05, 4.69) is 15.5 Å². The van der Waals surface area contributed by atoms with Crippen molar-refractivity contribution in [2.45, 2.75) is 38.0 Å². The van der Waals surface area contributed by atoms with Crippen LogP contribution in [-0.4, -0.2) is 30.2 Å². The quantitative estimate of drug-likeness (QED) is 0.877. The molecule has 2 aromatic rings. The number of amides is 1. The summed E-state index contributed by atoms with van der Waals surface area (Å²) >= 11 is 0. The van der Waals surface area contributed by atoms with E-state index >= 15 is 0 Å². The third kappa shape index (κ3) is 4.00. The summed E-state index contributed by atoms with van der Waals surface area (Å²) < 4.78 is 29.0. The fraction of sp³-hybridized carbons (Fsp3) is 0.438. The van der Waals surface area contributed by atoms with Crippen LogP contribution in [0.15, 0.2) is 28.8 Å². The molecular weight excluding hydrogens is 330 g/mol. The molecule has 128 valence electrons. The Morgan fingerprint density at radius 1 is 1.38 bits per heavy atom. The highest BCUT2D eigenvalue weighted by Gasteiger charge is 2.25. The molecule has 0 saturated carbocycles. The Morgan fingerprint density at radius 2 is 2.17 bits per heavy atom. The van der Waals surface area contributed by atoms with Gasteiger partial charge in [-0.15, -0.1) is 0 Å². The van der Waals surface area contributed by atoms with Gasteiger partial charge < -0.3 is 9.84 Å². The SMILES string of the molecule is Cc1noc(CS(=O)(=O)CC(=O)NC2CCCc3ccccc32)n1. The van der Waals surface area contributed by atoms with Crippen molar-refractivity contribution in [2.75, 3.05) is 5.75 Å². The van der Waals surface area contributed by atoms with E-state index in [-0.39, 0.29) is 11.9 Å². The summed E-state index contributed by atoms with van der Waals surface area (Å²) in [5.41, 5.74) is 2.28. The zero-order chi connectivity index (χ0) is 17.2. The van der Waals surface area contributed by atoms with Crippen LogP contribution < -0.4 is 5.32 Å². The summed E-state index contributed by atoms with van der Waals surface area (Å²) in [4.78, 5) is 16.0. The van der Waals surface area contributed by atoms with Crippen molar-refractivity contribution in [1.82, 2.24) is 15.5 Å². The summed E-state index contributed by atoms with van der Waals surface area (Å²) in [6.07, 6.45) is 2.76. The molecule has 8 heteroatoms. The minimum Gasteiger partial charge on any atom is -0.348 e. The largest absolute Gasteiger partial charge is 0.348 e. The Labute approximate surface area is 140 Å². The number of carbonyl (C=O) groups is 1. The van der Waals surface area contributed by atoms with Crippen LogP contribution in [0, 0.1) is 6.92 Å². The fourth-order valence-corrected chi connectivity index (χ4v) is 4.06. The fourth-order valence-electron chi connectivity index (χ4n) is 2.98. The number of aryl methyl sites for hydroxylation is 2. The molecule has 7 nitrogen and oxygen atoms in total. The lowest BCUT2D eigenvalue weighted by atomic mass is 9.88. The lowest BCUT2D eigenvalue weighted by Crippen LogP contribution is -2.35. The first-order chi connectivity index (χ1) is 11.4. The van der Waals surface area contributed by atoms with Crippen molar-refractivity contribution in [3.63, 3.8) is 0 Å². The second kappa shape index (κ2) is 6.72. The number of nitrogens with one attached hydrogen (secondary N) is 1. The number of rotatable bonds is 5. The van der Waals surface area contributed by atoms with E-state index in [0.717, 1.165) is 24.8 Å². The van der Waals surface area contributed by atoms with E-state index in [1.165, 1.54) is 5.56 Å². The number of aromatic nitrogens is 2. The first kappa shape index (κ1) is 16.6. The van der Waals surface area contributed by atoms with Crippen LogP contribution in [0.4, 0.5) is 0 Å². The van der Waals surface area contributed by atoms with Gasteiger partial charge in [0.05, 0.1) is 6.04 Å². The van der Waals surface area contributed by atoms with E-state index in [0.29, 0.717) is 5.82 Å². The Balaban J connectivity index is 1.63. The van der Waals surface area contributed by atoms with Crippen LogP contribution in [-0.2, 0) is 26.8 Å². The number of hydrogen-bond donors (Lipinski definition) is 1. The molecule has 1 N–H and O–H groups in total. The Bertz CT molecular complexity index is 845. The number of carbonyl (C=O) groups excluding carboxylic acids is 1. The van der Waals surface area contributed by atoms with Gasteiger partial charge in [0, 0.05) is 0 Å². The third-order valence-electron chi connectivity index (χ3n) is 3.97. The molecule has 0 saturated heterocycles. The number of sulfone groups is 1. The summed E-state index contributed by atoms with van der Waals surface area (Å²) in [6.45, 7) is 1.60. The smallest absolute Gasteiger partial charge is 0.241 e. The molecule has 1 amide bonds. The summed E-state index contributed by atoms with van der Waals surface area (Å²) in [6, 6.07) is 7.79. The predicted molar refractivity (Wildman–Crippen MR) is 86.8 cm³/mol. The molecule has 1 aromatic carbocycles. The molecule has 0 spiro atoms. The van der Waals surface area contributed by atoms with Gasteiger partial charge in [-0.3, -0.25) is 4.79 Å². The normalized spacial score (nSPS) is 17.3. The van der Waals surface area contributed by atoms with E-state index in [9.17, 15) is 13.2 Å². The van der Waals surface area contributed by atoms with Gasteiger partial charge in [-0.25, -0.2) is 8.42 Å². The van der Waals surface area contributed by atoms with Crippen molar-refractivity contribution >= 4 is 15.7 Å². The molecular formula is C16H19N3O4S.